The lowest BCUT2D eigenvalue weighted by Gasteiger charge is -1.95. The molecular formula is C17H19Al. The van der Waals surface area contributed by atoms with Crippen LogP contribution in [0, 0.1) is 0 Å². The molecule has 2 aliphatic carbocycles. The number of unbranched alkanes of at least 4 members (excludes halogenated alkanes) is 2. The summed E-state index contributed by atoms with van der Waals surface area (Å²) in [4.78, 5) is 0. The molecule has 0 saturated heterocycles. The van der Waals surface area contributed by atoms with Gasteiger partial charge in [0.15, 0.2) is 0 Å². The molecule has 90 valence electrons. The van der Waals surface area contributed by atoms with E-state index in [2.05, 4.69) is 71.7 Å². The molecule has 2 radical (unpaired) electrons. The van der Waals surface area contributed by atoms with Crippen LogP contribution in [0.4, 0.5) is 0 Å². The van der Waals surface area contributed by atoms with Crippen molar-refractivity contribution in [3.05, 3.63) is 48.5 Å². The van der Waals surface area contributed by atoms with Crippen LogP contribution in [0.3, 0.4) is 0 Å². The van der Waals surface area contributed by atoms with Crippen LogP contribution in [0.15, 0.2) is 48.5 Å². The summed E-state index contributed by atoms with van der Waals surface area (Å²) in [6.45, 7) is 2.22. The van der Waals surface area contributed by atoms with Crippen molar-refractivity contribution in [2.75, 3.05) is 0 Å². The Morgan fingerprint density at radius 2 is 1.61 bits per heavy atom. The SMILES string of the molecule is CCCC[CH2][Al].c1ccc(-c2ccc3cc2-3)cc1. The zero-order valence-corrected chi connectivity index (χ0v) is 12.2. The average Bonchev–Trinajstić information content (AvgIpc) is 3.09. The van der Waals surface area contributed by atoms with Gasteiger partial charge in [-0.15, -0.1) is 5.28 Å². The van der Waals surface area contributed by atoms with Crippen molar-refractivity contribution in [2.45, 2.75) is 31.5 Å². The number of hydrogen-bond donors (Lipinski definition) is 0. The third kappa shape index (κ3) is 3.48. The van der Waals surface area contributed by atoms with E-state index in [1.807, 2.05) is 0 Å². The monoisotopic (exact) mass is 250 g/mol. The standard InChI is InChI=1S/C12H8.C5H11.Al/c1-2-4-9(5-3-1)11-7-6-10-8-12(10)11;1-3-5-4-2;/h1-8H;1,3-5H2,2H3;. The summed E-state index contributed by atoms with van der Waals surface area (Å²) in [5, 5.41) is 1.27. The quantitative estimate of drug-likeness (QED) is 0.446. The molecule has 2 aliphatic rings. The van der Waals surface area contributed by atoms with Crippen LogP contribution in [0.5, 0.6) is 0 Å². The zero-order valence-electron chi connectivity index (χ0n) is 11.0. The molecule has 0 spiro atoms. The van der Waals surface area contributed by atoms with Gasteiger partial charge in [-0.25, -0.2) is 0 Å². The van der Waals surface area contributed by atoms with Crippen LogP contribution in [-0.2, 0) is 0 Å². The fourth-order valence-electron chi connectivity index (χ4n) is 2.02. The molecule has 0 aromatic heterocycles. The molecule has 0 unspecified atom stereocenters. The minimum Gasteiger partial charge on any atom is -0.118 e. The minimum atomic E-state index is 1.27. The van der Waals surface area contributed by atoms with E-state index in [0.717, 1.165) is 0 Å². The fourth-order valence-corrected chi connectivity index (χ4v) is 2.31. The van der Waals surface area contributed by atoms with E-state index in [9.17, 15) is 0 Å². The molecule has 0 fully saturated rings. The molecule has 1 heteroatoms. The highest BCUT2D eigenvalue weighted by Gasteiger charge is 2.17. The molecule has 3 rings (SSSR count). The Balaban J connectivity index is 0.000000174. The number of hydrogen-bond acceptors (Lipinski definition) is 0. The van der Waals surface area contributed by atoms with Gasteiger partial charge < -0.3 is 0 Å². The van der Waals surface area contributed by atoms with E-state index in [1.54, 1.807) is 0 Å². The fraction of sp³-hybridized carbons (Fsp3) is 0.294. The van der Waals surface area contributed by atoms with Gasteiger partial charge in [0.05, 0.1) is 0 Å². The second-order valence-electron chi connectivity index (χ2n) is 4.62. The smallest absolute Gasteiger partial charge is 0.118 e. The van der Waals surface area contributed by atoms with Crippen molar-refractivity contribution in [3.8, 4) is 22.3 Å². The lowest BCUT2D eigenvalue weighted by Crippen LogP contribution is -1.70. The molecule has 0 bridgehead atoms. The number of rotatable bonds is 4. The van der Waals surface area contributed by atoms with E-state index >= 15 is 0 Å². The Morgan fingerprint density at radius 1 is 0.833 bits per heavy atom. The van der Waals surface area contributed by atoms with Crippen molar-refractivity contribution < 1.29 is 0 Å². The average molecular weight is 250 g/mol. The van der Waals surface area contributed by atoms with Crippen LogP contribution >= 0.6 is 0 Å². The summed E-state index contributed by atoms with van der Waals surface area (Å²) < 4.78 is 0. The molecular weight excluding hydrogens is 231 g/mol. The largest absolute Gasteiger partial charge is 0.118 e. The van der Waals surface area contributed by atoms with Gasteiger partial charge in [-0.1, -0.05) is 68.7 Å². The van der Waals surface area contributed by atoms with Gasteiger partial charge >= 0.3 is 0 Å². The maximum Gasteiger partial charge on any atom is 0.118 e. The first-order chi connectivity index (χ1) is 8.86. The van der Waals surface area contributed by atoms with Crippen LogP contribution in [0.25, 0.3) is 22.3 Å². The Labute approximate surface area is 118 Å². The summed E-state index contributed by atoms with van der Waals surface area (Å²) in [7, 11) is 0. The van der Waals surface area contributed by atoms with E-state index in [-0.39, 0.29) is 0 Å². The normalized spacial score (nSPS) is 10.5. The molecule has 1 aromatic rings. The second kappa shape index (κ2) is 6.78. The number of benzene rings is 2. The third-order valence-corrected chi connectivity index (χ3v) is 3.55. The van der Waals surface area contributed by atoms with Crippen molar-refractivity contribution in [2.24, 2.45) is 0 Å². The predicted octanol–water partition coefficient (Wildman–Crippen LogP) is 5.10. The van der Waals surface area contributed by atoms with Gasteiger partial charge in [0.25, 0.3) is 0 Å². The van der Waals surface area contributed by atoms with Crippen LogP contribution in [-0.4, -0.2) is 16.3 Å². The lowest BCUT2D eigenvalue weighted by molar-refractivity contribution is 0.771. The highest BCUT2D eigenvalue weighted by Crippen LogP contribution is 2.43. The molecule has 0 heterocycles. The van der Waals surface area contributed by atoms with E-state index in [0.29, 0.717) is 0 Å². The summed E-state index contributed by atoms with van der Waals surface area (Å²) in [6.07, 6.45) is 4.11. The molecule has 0 saturated carbocycles. The summed E-state index contributed by atoms with van der Waals surface area (Å²) >= 11 is 2.73. The van der Waals surface area contributed by atoms with Gasteiger partial charge in [0.1, 0.15) is 16.3 Å². The summed E-state index contributed by atoms with van der Waals surface area (Å²) in [5.41, 5.74) is 5.55. The summed E-state index contributed by atoms with van der Waals surface area (Å²) in [6, 6.07) is 17.1. The van der Waals surface area contributed by atoms with E-state index in [4.69, 9.17) is 0 Å². The van der Waals surface area contributed by atoms with Crippen LogP contribution < -0.4 is 0 Å². The Kier molecular flexibility index (Phi) is 5.05. The predicted molar refractivity (Wildman–Crippen MR) is 81.0 cm³/mol. The van der Waals surface area contributed by atoms with Crippen molar-refractivity contribution in [1.82, 2.24) is 0 Å². The van der Waals surface area contributed by atoms with Gasteiger partial charge in [-0.3, -0.25) is 0 Å². The molecule has 18 heavy (non-hydrogen) atoms. The molecule has 0 amide bonds. The zero-order chi connectivity index (χ0) is 12.8. The van der Waals surface area contributed by atoms with E-state index < -0.39 is 0 Å². The highest BCUT2D eigenvalue weighted by atomic mass is 27.0. The maximum atomic E-state index is 2.73. The molecule has 0 N–H and O–H groups in total. The first-order valence-corrected chi connectivity index (χ1v) is 7.58. The van der Waals surface area contributed by atoms with Gasteiger partial charge in [0, 0.05) is 0 Å². The van der Waals surface area contributed by atoms with Gasteiger partial charge in [0.2, 0.25) is 0 Å². The van der Waals surface area contributed by atoms with Crippen molar-refractivity contribution in [3.63, 3.8) is 0 Å². The number of fused-ring (bicyclic) bond motifs is 1. The molecule has 0 atom stereocenters. The lowest BCUT2D eigenvalue weighted by atomic mass is 10.1. The Hall–Kier alpha value is -1.03. The Bertz CT molecular complexity index is 484. The van der Waals surface area contributed by atoms with Crippen LogP contribution in [0.1, 0.15) is 26.2 Å². The molecule has 1 aromatic carbocycles. The van der Waals surface area contributed by atoms with Crippen molar-refractivity contribution in [1.29, 1.82) is 0 Å². The van der Waals surface area contributed by atoms with E-state index in [1.165, 1.54) is 46.8 Å². The first kappa shape index (κ1) is 13.4. The van der Waals surface area contributed by atoms with Gasteiger partial charge in [-0.2, -0.15) is 0 Å². The van der Waals surface area contributed by atoms with Gasteiger partial charge in [-0.05, 0) is 28.3 Å². The topological polar surface area (TPSA) is 0 Å². The molecule has 0 nitrogen and oxygen atoms in total. The Morgan fingerprint density at radius 3 is 2.06 bits per heavy atom. The highest BCUT2D eigenvalue weighted by molar-refractivity contribution is 6.08. The van der Waals surface area contributed by atoms with Crippen molar-refractivity contribution >= 4 is 16.3 Å². The maximum absolute atomic E-state index is 2.73. The minimum absolute atomic E-state index is 1.27. The third-order valence-electron chi connectivity index (χ3n) is 3.14. The van der Waals surface area contributed by atoms with Crippen LogP contribution in [0.2, 0.25) is 5.28 Å². The first-order valence-electron chi connectivity index (χ1n) is 6.76. The second-order valence-corrected chi connectivity index (χ2v) is 5.20. The summed E-state index contributed by atoms with van der Waals surface area (Å²) in [5.74, 6) is 0. The molecule has 0 aliphatic heterocycles.